The van der Waals surface area contributed by atoms with Gasteiger partial charge in [0.15, 0.2) is 0 Å². The van der Waals surface area contributed by atoms with Gasteiger partial charge in [0.05, 0.1) is 7.11 Å². The molecule has 2 N–H and O–H groups in total. The molecule has 1 aliphatic carbocycles. The van der Waals surface area contributed by atoms with Gasteiger partial charge in [0.2, 0.25) is 5.91 Å². The summed E-state index contributed by atoms with van der Waals surface area (Å²) in [5, 5.41) is 11.9. The van der Waals surface area contributed by atoms with E-state index >= 15 is 0 Å². The highest BCUT2D eigenvalue weighted by Gasteiger charge is 2.45. The lowest BCUT2D eigenvalue weighted by Crippen LogP contribution is -2.45. The molecule has 0 unspecified atom stereocenters. The minimum Gasteiger partial charge on any atom is -0.497 e. The van der Waals surface area contributed by atoms with Crippen molar-refractivity contribution in [1.29, 1.82) is 0 Å². The number of carbonyl (C=O) groups is 2. The fourth-order valence-electron chi connectivity index (χ4n) is 2.67. The number of hydrogen-bond donors (Lipinski definition) is 2. The standard InChI is InChI=1S/C17H23NO4/c1-4-10(2)15(17(20)21)18-16(19)14-9-13(14)11-6-5-7-12(8-11)22-3/h5-8,10,13-15H,4,9H2,1-3H3,(H,18,19)(H,20,21)/t10-,13+,14+,15-/m0/s1. The molecule has 0 radical (unpaired) electrons. The number of carbonyl (C=O) groups excluding carboxylic acids is 1. The normalized spacial score (nSPS) is 22.5. The van der Waals surface area contributed by atoms with E-state index < -0.39 is 12.0 Å². The zero-order valence-electron chi connectivity index (χ0n) is 13.2. The minimum atomic E-state index is -0.971. The number of carboxylic acids is 1. The van der Waals surface area contributed by atoms with E-state index in [0.29, 0.717) is 6.42 Å². The molecule has 2 rings (SSSR count). The molecule has 1 aliphatic rings. The van der Waals surface area contributed by atoms with Crippen molar-refractivity contribution in [3.63, 3.8) is 0 Å². The molecule has 5 heteroatoms. The summed E-state index contributed by atoms with van der Waals surface area (Å²) in [7, 11) is 1.61. The van der Waals surface area contributed by atoms with Gasteiger partial charge in [-0.2, -0.15) is 0 Å². The van der Waals surface area contributed by atoms with Gasteiger partial charge in [-0.15, -0.1) is 0 Å². The van der Waals surface area contributed by atoms with Crippen molar-refractivity contribution in [3.8, 4) is 5.75 Å². The molecule has 4 atom stereocenters. The van der Waals surface area contributed by atoms with Crippen molar-refractivity contribution in [2.24, 2.45) is 11.8 Å². The molecule has 0 spiro atoms. The van der Waals surface area contributed by atoms with Crippen LogP contribution in [0.5, 0.6) is 5.75 Å². The first kappa shape index (κ1) is 16.3. The number of hydrogen-bond acceptors (Lipinski definition) is 3. The Kier molecular flexibility index (Phi) is 5.06. The lowest BCUT2D eigenvalue weighted by atomic mass is 9.99. The molecule has 1 aromatic carbocycles. The van der Waals surface area contributed by atoms with Crippen LogP contribution >= 0.6 is 0 Å². The first-order valence-electron chi connectivity index (χ1n) is 7.65. The predicted octanol–water partition coefficient (Wildman–Crippen LogP) is 2.41. The second kappa shape index (κ2) is 6.81. The zero-order chi connectivity index (χ0) is 16.3. The molecule has 1 amide bonds. The van der Waals surface area contributed by atoms with Crippen LogP contribution in [0.25, 0.3) is 0 Å². The highest BCUT2D eigenvalue weighted by molar-refractivity contribution is 5.87. The Hall–Kier alpha value is -2.04. The SMILES string of the molecule is CC[C@H](C)[C@H](NC(=O)[C@@H]1C[C@@H]1c1cccc(OC)c1)C(=O)O. The highest BCUT2D eigenvalue weighted by atomic mass is 16.5. The summed E-state index contributed by atoms with van der Waals surface area (Å²) in [6.07, 6.45) is 1.47. The van der Waals surface area contributed by atoms with Crippen LogP contribution in [0, 0.1) is 11.8 Å². The molecular formula is C17H23NO4. The average Bonchev–Trinajstić information content (AvgIpc) is 3.32. The van der Waals surface area contributed by atoms with E-state index in [-0.39, 0.29) is 23.7 Å². The second-order valence-electron chi connectivity index (χ2n) is 5.94. The number of ether oxygens (including phenoxy) is 1. The maximum absolute atomic E-state index is 12.3. The van der Waals surface area contributed by atoms with E-state index in [2.05, 4.69) is 5.32 Å². The van der Waals surface area contributed by atoms with Gasteiger partial charge in [-0.05, 0) is 36.0 Å². The Morgan fingerprint density at radius 1 is 1.45 bits per heavy atom. The van der Waals surface area contributed by atoms with Gasteiger partial charge in [0.1, 0.15) is 11.8 Å². The minimum absolute atomic E-state index is 0.0875. The first-order valence-corrected chi connectivity index (χ1v) is 7.65. The number of methoxy groups -OCH3 is 1. The predicted molar refractivity (Wildman–Crippen MR) is 82.9 cm³/mol. The molecule has 0 aliphatic heterocycles. The van der Waals surface area contributed by atoms with E-state index in [1.54, 1.807) is 7.11 Å². The number of aliphatic carboxylic acids is 1. The average molecular weight is 305 g/mol. The highest BCUT2D eigenvalue weighted by Crippen LogP contribution is 2.48. The lowest BCUT2D eigenvalue weighted by molar-refractivity contribution is -0.143. The van der Waals surface area contributed by atoms with Crippen molar-refractivity contribution in [2.75, 3.05) is 7.11 Å². The molecule has 0 bridgehead atoms. The van der Waals surface area contributed by atoms with Crippen LogP contribution < -0.4 is 10.1 Å². The quantitative estimate of drug-likeness (QED) is 0.811. The summed E-state index contributed by atoms with van der Waals surface area (Å²) in [5.41, 5.74) is 1.06. The molecular weight excluding hydrogens is 282 g/mol. The molecule has 1 fully saturated rings. The Balaban J connectivity index is 1.99. The molecule has 0 heterocycles. The number of nitrogens with one attached hydrogen (secondary N) is 1. The van der Waals surface area contributed by atoms with Crippen LogP contribution in [0.15, 0.2) is 24.3 Å². The van der Waals surface area contributed by atoms with Crippen LogP contribution in [0.2, 0.25) is 0 Å². The molecule has 0 saturated heterocycles. The van der Waals surface area contributed by atoms with Gasteiger partial charge >= 0.3 is 5.97 Å². The van der Waals surface area contributed by atoms with Crippen LogP contribution in [0.1, 0.15) is 38.2 Å². The summed E-state index contributed by atoms with van der Waals surface area (Å²) in [6.45, 7) is 3.76. The third-order valence-corrected chi connectivity index (χ3v) is 4.43. The molecule has 120 valence electrons. The molecule has 1 saturated carbocycles. The van der Waals surface area contributed by atoms with E-state index in [1.165, 1.54) is 0 Å². The maximum Gasteiger partial charge on any atom is 0.326 e. The molecule has 5 nitrogen and oxygen atoms in total. The second-order valence-corrected chi connectivity index (χ2v) is 5.94. The van der Waals surface area contributed by atoms with Crippen molar-refractivity contribution in [3.05, 3.63) is 29.8 Å². The Labute approximate surface area is 130 Å². The fraction of sp³-hybridized carbons (Fsp3) is 0.529. The van der Waals surface area contributed by atoms with Gasteiger partial charge in [-0.3, -0.25) is 4.79 Å². The summed E-state index contributed by atoms with van der Waals surface area (Å²) in [5.74, 6) is -0.441. The van der Waals surface area contributed by atoms with Gasteiger partial charge in [0, 0.05) is 5.92 Å². The summed E-state index contributed by atoms with van der Waals surface area (Å²) >= 11 is 0. The lowest BCUT2D eigenvalue weighted by Gasteiger charge is -2.20. The first-order chi connectivity index (χ1) is 10.5. The van der Waals surface area contributed by atoms with Crippen molar-refractivity contribution in [2.45, 2.75) is 38.6 Å². The van der Waals surface area contributed by atoms with E-state index in [1.807, 2.05) is 38.1 Å². The van der Waals surface area contributed by atoms with Gasteiger partial charge in [-0.25, -0.2) is 4.79 Å². The molecule has 1 aromatic rings. The summed E-state index contributed by atoms with van der Waals surface area (Å²) < 4.78 is 5.19. The zero-order valence-corrected chi connectivity index (χ0v) is 13.2. The monoisotopic (exact) mass is 305 g/mol. The van der Waals surface area contributed by atoms with E-state index in [4.69, 9.17) is 4.74 Å². The van der Waals surface area contributed by atoms with Crippen LogP contribution in [0.3, 0.4) is 0 Å². The number of carboxylic acid groups (broad SMARTS) is 1. The van der Waals surface area contributed by atoms with Crippen LogP contribution in [-0.4, -0.2) is 30.1 Å². The number of amides is 1. The number of benzene rings is 1. The molecule has 22 heavy (non-hydrogen) atoms. The summed E-state index contributed by atoms with van der Waals surface area (Å²) in [4.78, 5) is 23.6. The fourth-order valence-corrected chi connectivity index (χ4v) is 2.67. The van der Waals surface area contributed by atoms with Crippen LogP contribution in [0.4, 0.5) is 0 Å². The Morgan fingerprint density at radius 3 is 2.77 bits per heavy atom. The van der Waals surface area contributed by atoms with Crippen molar-refractivity contribution >= 4 is 11.9 Å². The third-order valence-electron chi connectivity index (χ3n) is 4.43. The van der Waals surface area contributed by atoms with Crippen molar-refractivity contribution < 1.29 is 19.4 Å². The van der Waals surface area contributed by atoms with E-state index in [0.717, 1.165) is 17.7 Å². The van der Waals surface area contributed by atoms with Gasteiger partial charge in [-0.1, -0.05) is 32.4 Å². The largest absolute Gasteiger partial charge is 0.497 e. The van der Waals surface area contributed by atoms with Crippen molar-refractivity contribution in [1.82, 2.24) is 5.32 Å². The number of rotatable bonds is 7. The smallest absolute Gasteiger partial charge is 0.326 e. The van der Waals surface area contributed by atoms with Crippen LogP contribution in [-0.2, 0) is 9.59 Å². The Bertz CT molecular complexity index is 557. The summed E-state index contributed by atoms with van der Waals surface area (Å²) in [6, 6.07) is 6.86. The Morgan fingerprint density at radius 2 is 2.18 bits per heavy atom. The molecule has 0 aromatic heterocycles. The van der Waals surface area contributed by atoms with Gasteiger partial charge < -0.3 is 15.2 Å². The third kappa shape index (κ3) is 3.59. The van der Waals surface area contributed by atoms with E-state index in [9.17, 15) is 14.7 Å². The topological polar surface area (TPSA) is 75.6 Å². The van der Waals surface area contributed by atoms with Gasteiger partial charge in [0.25, 0.3) is 0 Å². The maximum atomic E-state index is 12.3.